The van der Waals surface area contributed by atoms with Crippen LogP contribution in [0.3, 0.4) is 0 Å². The van der Waals surface area contributed by atoms with Crippen LogP contribution in [0.25, 0.3) is 0 Å². The standard InChI is InChI=1S/C14H25N5O2/c20-14(9-17-4-6-21-7-5-17)10-18-3-1-2-13(18)8-19-12-15-11-16-19/h11-14,20H,1-10H2/t13-,14+/m1/s1. The highest BCUT2D eigenvalue weighted by Gasteiger charge is 2.27. The van der Waals surface area contributed by atoms with Crippen LogP contribution < -0.4 is 0 Å². The number of aromatic nitrogens is 3. The molecular formula is C14H25N5O2. The Labute approximate surface area is 125 Å². The number of hydrogen-bond acceptors (Lipinski definition) is 6. The fourth-order valence-corrected chi connectivity index (χ4v) is 3.30. The van der Waals surface area contributed by atoms with Gasteiger partial charge in [-0.2, -0.15) is 5.10 Å². The van der Waals surface area contributed by atoms with Gasteiger partial charge in [-0.3, -0.25) is 14.5 Å². The maximum Gasteiger partial charge on any atom is 0.137 e. The van der Waals surface area contributed by atoms with Crippen LogP contribution in [0.15, 0.2) is 12.7 Å². The molecule has 0 aliphatic carbocycles. The van der Waals surface area contributed by atoms with Crippen molar-refractivity contribution >= 4 is 0 Å². The van der Waals surface area contributed by atoms with Crippen molar-refractivity contribution in [1.82, 2.24) is 24.6 Å². The van der Waals surface area contributed by atoms with Gasteiger partial charge in [0.1, 0.15) is 12.7 Å². The zero-order chi connectivity index (χ0) is 14.5. The lowest BCUT2D eigenvalue weighted by molar-refractivity contribution is 0.00531. The average Bonchev–Trinajstić information content (AvgIpc) is 3.13. The number of nitrogens with zero attached hydrogens (tertiary/aromatic N) is 5. The first-order valence-corrected chi connectivity index (χ1v) is 7.86. The number of morpholine rings is 1. The van der Waals surface area contributed by atoms with Crippen LogP contribution in [0.2, 0.25) is 0 Å². The summed E-state index contributed by atoms with van der Waals surface area (Å²) < 4.78 is 7.23. The third kappa shape index (κ3) is 4.23. The van der Waals surface area contributed by atoms with Crippen LogP contribution in [0.5, 0.6) is 0 Å². The Kier molecular flexibility index (Phi) is 5.18. The molecule has 21 heavy (non-hydrogen) atoms. The molecule has 2 aliphatic heterocycles. The molecule has 7 nitrogen and oxygen atoms in total. The third-order valence-corrected chi connectivity index (χ3v) is 4.38. The van der Waals surface area contributed by atoms with Gasteiger partial charge in [-0.25, -0.2) is 4.98 Å². The predicted molar refractivity (Wildman–Crippen MR) is 77.9 cm³/mol. The summed E-state index contributed by atoms with van der Waals surface area (Å²) in [6, 6.07) is 0.464. The minimum atomic E-state index is -0.292. The Balaban J connectivity index is 1.46. The lowest BCUT2D eigenvalue weighted by atomic mass is 10.2. The molecule has 0 saturated carbocycles. The van der Waals surface area contributed by atoms with Gasteiger partial charge >= 0.3 is 0 Å². The first-order chi connectivity index (χ1) is 10.3. The second-order valence-electron chi connectivity index (χ2n) is 5.98. The van der Waals surface area contributed by atoms with Gasteiger partial charge in [0.2, 0.25) is 0 Å². The minimum Gasteiger partial charge on any atom is -0.390 e. The van der Waals surface area contributed by atoms with E-state index >= 15 is 0 Å². The Morgan fingerprint density at radius 1 is 1.24 bits per heavy atom. The van der Waals surface area contributed by atoms with Crippen molar-refractivity contribution in [2.24, 2.45) is 0 Å². The fourth-order valence-electron chi connectivity index (χ4n) is 3.30. The monoisotopic (exact) mass is 295 g/mol. The number of rotatable bonds is 6. The molecule has 0 amide bonds. The fraction of sp³-hybridized carbons (Fsp3) is 0.857. The first kappa shape index (κ1) is 14.9. The Bertz CT molecular complexity index is 408. The zero-order valence-electron chi connectivity index (χ0n) is 12.5. The molecule has 118 valence electrons. The molecule has 1 aromatic rings. The summed E-state index contributed by atoms with van der Waals surface area (Å²) in [4.78, 5) is 8.68. The summed E-state index contributed by atoms with van der Waals surface area (Å²) in [5.41, 5.74) is 0. The summed E-state index contributed by atoms with van der Waals surface area (Å²) in [6.07, 6.45) is 5.42. The first-order valence-electron chi connectivity index (χ1n) is 7.86. The van der Waals surface area contributed by atoms with Gasteiger partial charge < -0.3 is 9.84 Å². The van der Waals surface area contributed by atoms with Crippen LogP contribution in [-0.2, 0) is 11.3 Å². The van der Waals surface area contributed by atoms with Gasteiger partial charge in [-0.15, -0.1) is 0 Å². The molecule has 7 heteroatoms. The van der Waals surface area contributed by atoms with E-state index in [1.54, 1.807) is 12.7 Å². The summed E-state index contributed by atoms with van der Waals surface area (Å²) in [7, 11) is 0. The molecule has 1 N–H and O–H groups in total. The van der Waals surface area contributed by atoms with Crippen molar-refractivity contribution in [2.75, 3.05) is 45.9 Å². The van der Waals surface area contributed by atoms with Crippen LogP contribution in [0.4, 0.5) is 0 Å². The lowest BCUT2D eigenvalue weighted by Crippen LogP contribution is -2.46. The van der Waals surface area contributed by atoms with Crippen molar-refractivity contribution in [3.63, 3.8) is 0 Å². The maximum atomic E-state index is 10.3. The van der Waals surface area contributed by atoms with Crippen LogP contribution in [0, 0.1) is 0 Å². The van der Waals surface area contributed by atoms with E-state index in [1.165, 1.54) is 12.8 Å². The van der Waals surface area contributed by atoms with Crippen molar-refractivity contribution in [1.29, 1.82) is 0 Å². The molecule has 2 aliphatic rings. The Morgan fingerprint density at radius 2 is 2.10 bits per heavy atom. The second-order valence-corrected chi connectivity index (χ2v) is 5.98. The van der Waals surface area contributed by atoms with E-state index in [4.69, 9.17) is 4.74 Å². The molecule has 0 aromatic carbocycles. The van der Waals surface area contributed by atoms with Crippen molar-refractivity contribution < 1.29 is 9.84 Å². The molecule has 3 heterocycles. The maximum absolute atomic E-state index is 10.3. The molecular weight excluding hydrogens is 270 g/mol. The number of likely N-dealkylation sites (tertiary alicyclic amines) is 1. The Morgan fingerprint density at radius 3 is 2.86 bits per heavy atom. The summed E-state index contributed by atoms with van der Waals surface area (Å²) in [5.74, 6) is 0. The number of aliphatic hydroxyl groups excluding tert-OH is 1. The van der Waals surface area contributed by atoms with Crippen molar-refractivity contribution in [3.05, 3.63) is 12.7 Å². The number of hydrogen-bond donors (Lipinski definition) is 1. The molecule has 2 atom stereocenters. The van der Waals surface area contributed by atoms with E-state index in [0.717, 1.165) is 52.5 Å². The van der Waals surface area contributed by atoms with Gasteiger partial charge in [0.05, 0.1) is 25.9 Å². The van der Waals surface area contributed by atoms with E-state index < -0.39 is 0 Å². The highest BCUT2D eigenvalue weighted by atomic mass is 16.5. The summed E-state index contributed by atoms with van der Waals surface area (Å²) in [5, 5.41) is 14.5. The highest BCUT2D eigenvalue weighted by Crippen LogP contribution is 2.19. The average molecular weight is 295 g/mol. The Hall–Kier alpha value is -1.02. The quantitative estimate of drug-likeness (QED) is 0.758. The minimum absolute atomic E-state index is 0.292. The van der Waals surface area contributed by atoms with E-state index in [2.05, 4.69) is 19.9 Å². The number of aliphatic hydroxyl groups is 1. The predicted octanol–water partition coefficient (Wildman–Crippen LogP) is -0.564. The van der Waals surface area contributed by atoms with Crippen LogP contribution >= 0.6 is 0 Å². The highest BCUT2D eigenvalue weighted by molar-refractivity contribution is 4.82. The molecule has 1 aromatic heterocycles. The van der Waals surface area contributed by atoms with Gasteiger partial charge in [0, 0.05) is 32.2 Å². The third-order valence-electron chi connectivity index (χ3n) is 4.38. The number of ether oxygens (including phenoxy) is 1. The normalized spacial score (nSPS) is 26.2. The zero-order valence-corrected chi connectivity index (χ0v) is 12.5. The van der Waals surface area contributed by atoms with Crippen LogP contribution in [0.1, 0.15) is 12.8 Å². The van der Waals surface area contributed by atoms with E-state index in [-0.39, 0.29) is 6.10 Å². The second kappa shape index (κ2) is 7.31. The summed E-state index contributed by atoms with van der Waals surface area (Å²) in [6.45, 7) is 6.85. The number of β-amino-alcohol motifs (C(OH)–C–C–N with tert-alkyl or cyclic N) is 1. The van der Waals surface area contributed by atoms with Crippen molar-refractivity contribution in [3.8, 4) is 0 Å². The molecule has 0 spiro atoms. The van der Waals surface area contributed by atoms with E-state index in [0.29, 0.717) is 6.04 Å². The largest absolute Gasteiger partial charge is 0.390 e. The van der Waals surface area contributed by atoms with Gasteiger partial charge in [-0.1, -0.05) is 0 Å². The lowest BCUT2D eigenvalue weighted by Gasteiger charge is -2.31. The SMILES string of the molecule is O[C@@H](CN1CCOCC1)CN1CCC[C@@H]1Cn1cncn1. The molecule has 3 rings (SSSR count). The van der Waals surface area contributed by atoms with Gasteiger partial charge in [0.15, 0.2) is 0 Å². The molecule has 0 radical (unpaired) electrons. The topological polar surface area (TPSA) is 66.7 Å². The summed E-state index contributed by atoms with van der Waals surface area (Å²) >= 11 is 0. The van der Waals surface area contributed by atoms with Crippen LogP contribution in [-0.4, -0.2) is 87.8 Å². The van der Waals surface area contributed by atoms with E-state index in [9.17, 15) is 5.11 Å². The smallest absolute Gasteiger partial charge is 0.137 e. The van der Waals surface area contributed by atoms with Gasteiger partial charge in [-0.05, 0) is 19.4 Å². The van der Waals surface area contributed by atoms with Crippen molar-refractivity contribution in [2.45, 2.75) is 31.5 Å². The molecule has 0 bridgehead atoms. The molecule has 0 unspecified atom stereocenters. The van der Waals surface area contributed by atoms with E-state index in [1.807, 2.05) is 4.68 Å². The molecule has 2 fully saturated rings. The molecule has 2 saturated heterocycles. The van der Waals surface area contributed by atoms with Gasteiger partial charge in [0.25, 0.3) is 0 Å².